The lowest BCUT2D eigenvalue weighted by atomic mass is 10.00. The predicted molar refractivity (Wildman–Crippen MR) is 44.0 cm³/mol. The molecule has 11 heavy (non-hydrogen) atoms. The van der Waals surface area contributed by atoms with Crippen molar-refractivity contribution in [3.8, 4) is 0 Å². The monoisotopic (exact) mass is 156 g/mol. The third-order valence-electron chi connectivity index (χ3n) is 2.57. The fourth-order valence-corrected chi connectivity index (χ4v) is 1.76. The molecule has 1 aliphatic rings. The second kappa shape index (κ2) is 3.22. The Morgan fingerprint density at radius 3 is 2.73 bits per heavy atom. The van der Waals surface area contributed by atoms with E-state index in [1.807, 2.05) is 0 Å². The summed E-state index contributed by atoms with van der Waals surface area (Å²) >= 11 is 0. The number of carbonyl (C=O) groups is 1. The first-order chi connectivity index (χ1) is 5.11. The third kappa shape index (κ3) is 1.93. The molecule has 1 saturated heterocycles. The summed E-state index contributed by atoms with van der Waals surface area (Å²) in [6, 6.07) is 0.382. The van der Waals surface area contributed by atoms with Gasteiger partial charge in [-0.2, -0.15) is 0 Å². The molecule has 1 amide bonds. The Morgan fingerprint density at radius 1 is 1.73 bits per heavy atom. The largest absolute Gasteiger partial charge is 0.370 e. The van der Waals surface area contributed by atoms with Gasteiger partial charge in [0.05, 0.1) is 0 Å². The van der Waals surface area contributed by atoms with Gasteiger partial charge in [-0.3, -0.25) is 4.79 Å². The zero-order valence-electron chi connectivity index (χ0n) is 7.21. The summed E-state index contributed by atoms with van der Waals surface area (Å²) < 4.78 is 0. The number of rotatable bonds is 2. The molecule has 64 valence electrons. The van der Waals surface area contributed by atoms with E-state index in [4.69, 9.17) is 5.73 Å². The van der Waals surface area contributed by atoms with Crippen molar-refractivity contribution in [2.75, 3.05) is 13.6 Å². The number of amides is 1. The molecule has 2 atom stereocenters. The van der Waals surface area contributed by atoms with Crippen LogP contribution in [0, 0.1) is 5.92 Å². The smallest absolute Gasteiger partial charge is 0.219 e. The highest BCUT2D eigenvalue weighted by molar-refractivity contribution is 5.74. The highest BCUT2D eigenvalue weighted by atomic mass is 16.1. The molecule has 1 rings (SSSR count). The predicted octanol–water partition coefficient (Wildman–Crippen LogP) is 0.202. The zero-order valence-corrected chi connectivity index (χ0v) is 7.21. The Morgan fingerprint density at radius 2 is 2.36 bits per heavy atom. The first kappa shape index (κ1) is 8.53. The van der Waals surface area contributed by atoms with Gasteiger partial charge >= 0.3 is 0 Å². The first-order valence-electron chi connectivity index (χ1n) is 4.10. The summed E-state index contributed by atoms with van der Waals surface area (Å²) in [6.07, 6.45) is 1.70. The molecule has 1 aliphatic heterocycles. The molecule has 0 unspecified atom stereocenters. The summed E-state index contributed by atoms with van der Waals surface area (Å²) in [4.78, 5) is 12.9. The molecule has 0 aromatic heterocycles. The Labute approximate surface area is 67.5 Å². The van der Waals surface area contributed by atoms with E-state index in [1.54, 1.807) is 0 Å². The number of hydrogen-bond donors (Lipinski definition) is 1. The molecule has 0 bridgehead atoms. The van der Waals surface area contributed by atoms with E-state index in [9.17, 15) is 4.79 Å². The number of primary amides is 1. The van der Waals surface area contributed by atoms with E-state index in [0.717, 1.165) is 6.54 Å². The molecule has 3 nitrogen and oxygen atoms in total. The van der Waals surface area contributed by atoms with Crippen LogP contribution in [0.5, 0.6) is 0 Å². The van der Waals surface area contributed by atoms with Crippen LogP contribution < -0.4 is 5.73 Å². The van der Waals surface area contributed by atoms with Crippen LogP contribution in [0.25, 0.3) is 0 Å². The molecule has 0 aromatic carbocycles. The molecule has 0 spiro atoms. The van der Waals surface area contributed by atoms with Gasteiger partial charge in [0.15, 0.2) is 0 Å². The third-order valence-corrected chi connectivity index (χ3v) is 2.57. The number of nitrogens with zero attached hydrogens (tertiary/aromatic N) is 1. The van der Waals surface area contributed by atoms with Crippen LogP contribution in [0.15, 0.2) is 0 Å². The van der Waals surface area contributed by atoms with Crippen molar-refractivity contribution < 1.29 is 4.79 Å². The van der Waals surface area contributed by atoms with Crippen molar-refractivity contribution in [2.24, 2.45) is 11.7 Å². The Hall–Kier alpha value is -0.570. The van der Waals surface area contributed by atoms with Crippen LogP contribution in [-0.4, -0.2) is 30.4 Å². The van der Waals surface area contributed by atoms with Crippen LogP contribution in [0.2, 0.25) is 0 Å². The molecular weight excluding hydrogens is 140 g/mol. The van der Waals surface area contributed by atoms with Gasteiger partial charge in [0.1, 0.15) is 0 Å². The highest BCUT2D eigenvalue weighted by Gasteiger charge is 2.29. The SMILES string of the molecule is C[C@@H]1CCN(C)[C@@H]1CC(N)=O. The topological polar surface area (TPSA) is 46.3 Å². The van der Waals surface area contributed by atoms with Crippen molar-refractivity contribution in [3.63, 3.8) is 0 Å². The van der Waals surface area contributed by atoms with E-state index >= 15 is 0 Å². The number of nitrogens with two attached hydrogens (primary N) is 1. The van der Waals surface area contributed by atoms with E-state index < -0.39 is 0 Å². The van der Waals surface area contributed by atoms with Gasteiger partial charge in [-0.15, -0.1) is 0 Å². The Balaban J connectivity index is 2.47. The number of carbonyl (C=O) groups excluding carboxylic acids is 1. The van der Waals surface area contributed by atoms with E-state index in [1.165, 1.54) is 6.42 Å². The molecule has 0 aliphatic carbocycles. The molecule has 0 saturated carbocycles. The molecule has 0 radical (unpaired) electrons. The van der Waals surface area contributed by atoms with Gasteiger partial charge in [-0.1, -0.05) is 6.92 Å². The molecule has 2 N–H and O–H groups in total. The minimum Gasteiger partial charge on any atom is -0.370 e. The van der Waals surface area contributed by atoms with Gasteiger partial charge in [-0.05, 0) is 25.9 Å². The lowest BCUT2D eigenvalue weighted by Gasteiger charge is -2.20. The average Bonchev–Trinajstić information content (AvgIpc) is 2.18. The van der Waals surface area contributed by atoms with Crippen LogP contribution in [0.4, 0.5) is 0 Å². The summed E-state index contributed by atoms with van der Waals surface area (Å²) in [7, 11) is 2.05. The Kier molecular flexibility index (Phi) is 2.49. The second-order valence-corrected chi connectivity index (χ2v) is 3.48. The lowest BCUT2D eigenvalue weighted by molar-refractivity contribution is -0.119. The quantitative estimate of drug-likeness (QED) is 0.621. The van der Waals surface area contributed by atoms with E-state index in [-0.39, 0.29) is 5.91 Å². The van der Waals surface area contributed by atoms with Crippen molar-refractivity contribution in [1.82, 2.24) is 4.90 Å². The van der Waals surface area contributed by atoms with Crippen molar-refractivity contribution in [3.05, 3.63) is 0 Å². The van der Waals surface area contributed by atoms with Gasteiger partial charge in [0, 0.05) is 12.5 Å². The van der Waals surface area contributed by atoms with Crippen LogP contribution in [0.3, 0.4) is 0 Å². The minimum absolute atomic E-state index is 0.185. The highest BCUT2D eigenvalue weighted by Crippen LogP contribution is 2.23. The first-order valence-corrected chi connectivity index (χ1v) is 4.10. The standard InChI is InChI=1S/C8H16N2O/c1-6-3-4-10(2)7(6)5-8(9)11/h6-7H,3-5H2,1-2H3,(H2,9,11)/t6-,7-/m1/s1. The molecule has 0 aromatic rings. The lowest BCUT2D eigenvalue weighted by Crippen LogP contribution is -2.33. The zero-order chi connectivity index (χ0) is 8.43. The molecule has 1 fully saturated rings. The van der Waals surface area contributed by atoms with Crippen molar-refractivity contribution in [2.45, 2.75) is 25.8 Å². The summed E-state index contributed by atoms with van der Waals surface area (Å²) in [6.45, 7) is 3.27. The fraction of sp³-hybridized carbons (Fsp3) is 0.875. The summed E-state index contributed by atoms with van der Waals surface area (Å²) in [5, 5.41) is 0. The number of likely N-dealkylation sites (tertiary alicyclic amines) is 1. The van der Waals surface area contributed by atoms with E-state index in [2.05, 4.69) is 18.9 Å². The van der Waals surface area contributed by atoms with Crippen molar-refractivity contribution >= 4 is 5.91 Å². The summed E-state index contributed by atoms with van der Waals surface area (Å²) in [5.74, 6) is 0.433. The maximum Gasteiger partial charge on any atom is 0.219 e. The van der Waals surface area contributed by atoms with Gasteiger partial charge < -0.3 is 10.6 Å². The normalized spacial score (nSPS) is 32.5. The molecular formula is C8H16N2O. The van der Waals surface area contributed by atoms with Gasteiger partial charge in [0.25, 0.3) is 0 Å². The average molecular weight is 156 g/mol. The van der Waals surface area contributed by atoms with Crippen LogP contribution in [0.1, 0.15) is 19.8 Å². The van der Waals surface area contributed by atoms with Gasteiger partial charge in [-0.25, -0.2) is 0 Å². The maximum atomic E-state index is 10.6. The second-order valence-electron chi connectivity index (χ2n) is 3.48. The van der Waals surface area contributed by atoms with Crippen LogP contribution in [-0.2, 0) is 4.79 Å². The summed E-state index contributed by atoms with van der Waals surface area (Å²) in [5.41, 5.74) is 5.13. The fourth-order valence-electron chi connectivity index (χ4n) is 1.76. The van der Waals surface area contributed by atoms with Gasteiger partial charge in [0.2, 0.25) is 5.91 Å². The minimum atomic E-state index is -0.185. The van der Waals surface area contributed by atoms with E-state index in [0.29, 0.717) is 18.4 Å². The molecule has 3 heteroatoms. The molecule has 1 heterocycles. The number of hydrogen-bond acceptors (Lipinski definition) is 2. The Bertz CT molecular complexity index is 148. The van der Waals surface area contributed by atoms with Crippen LogP contribution >= 0.6 is 0 Å². The van der Waals surface area contributed by atoms with Crippen molar-refractivity contribution in [1.29, 1.82) is 0 Å². The maximum absolute atomic E-state index is 10.6.